The van der Waals surface area contributed by atoms with Crippen LogP contribution in [0.5, 0.6) is 0 Å². The second kappa shape index (κ2) is 8.78. The maximum Gasteiger partial charge on any atom is 0.261 e. The van der Waals surface area contributed by atoms with Crippen molar-refractivity contribution in [2.75, 3.05) is 17.8 Å². The molecule has 0 saturated carbocycles. The third-order valence-corrected chi connectivity index (χ3v) is 6.12. The minimum Gasteiger partial charge on any atom is -0.351 e. The molecule has 1 amide bonds. The zero-order chi connectivity index (χ0) is 22.7. The summed E-state index contributed by atoms with van der Waals surface area (Å²) in [4.78, 5) is 12.4. The number of benzene rings is 2. The van der Waals surface area contributed by atoms with Gasteiger partial charge in [-0.25, -0.2) is 8.42 Å². The molecule has 0 saturated heterocycles. The van der Waals surface area contributed by atoms with Gasteiger partial charge in [-0.3, -0.25) is 9.52 Å². The van der Waals surface area contributed by atoms with Gasteiger partial charge in [-0.1, -0.05) is 53.7 Å². The molecule has 0 aliphatic carbocycles. The molecule has 0 unspecified atom stereocenters. The summed E-state index contributed by atoms with van der Waals surface area (Å²) in [5.74, 6) is -0.300. The number of carbonyl (C=O) groups is 1. The van der Waals surface area contributed by atoms with E-state index in [1.54, 1.807) is 30.3 Å². The van der Waals surface area contributed by atoms with Gasteiger partial charge in [-0.05, 0) is 52.3 Å². The summed E-state index contributed by atoms with van der Waals surface area (Å²) in [5.41, 5.74) is 7.60. The number of carbonyl (C=O) groups excluding carboxylic acids is 1. The zero-order valence-electron chi connectivity index (χ0n) is 18.7. The Kier molecular flexibility index (Phi) is 6.99. The molecule has 2 rings (SSSR count). The summed E-state index contributed by atoms with van der Waals surface area (Å²) < 4.78 is 29.0. The van der Waals surface area contributed by atoms with Gasteiger partial charge in [-0.15, -0.1) is 0 Å². The van der Waals surface area contributed by atoms with E-state index in [-0.39, 0.29) is 21.6 Å². The summed E-state index contributed by atoms with van der Waals surface area (Å²) in [5, 5.41) is 2.68. The van der Waals surface area contributed by atoms with Gasteiger partial charge in [0.15, 0.2) is 0 Å². The van der Waals surface area contributed by atoms with Crippen molar-refractivity contribution in [1.29, 1.82) is 0 Å². The van der Waals surface area contributed by atoms with Gasteiger partial charge < -0.3 is 11.1 Å². The molecule has 0 bridgehead atoms. The van der Waals surface area contributed by atoms with Crippen molar-refractivity contribution in [2.24, 2.45) is 5.73 Å². The summed E-state index contributed by atoms with van der Waals surface area (Å²) >= 11 is 0. The molecule has 0 heterocycles. The van der Waals surface area contributed by atoms with Gasteiger partial charge in [0.25, 0.3) is 15.9 Å². The highest BCUT2D eigenvalue weighted by atomic mass is 32.2. The van der Waals surface area contributed by atoms with Crippen LogP contribution in [0.3, 0.4) is 0 Å². The standard InChI is InChI=1S/C23H33N3O3S/c1-22(2,3)17-13-18(23(4,5)6)15-20(14-17)30(28,29)26-19-9-7-8-16(12-19)21(27)25-11-10-24/h7-9,12-15,26H,10-11,24H2,1-6H3,(H,25,27). The molecule has 2 aromatic carbocycles. The van der Waals surface area contributed by atoms with Crippen molar-refractivity contribution in [1.82, 2.24) is 5.32 Å². The molecule has 0 radical (unpaired) electrons. The highest BCUT2D eigenvalue weighted by Gasteiger charge is 2.25. The Balaban J connectivity index is 2.44. The lowest BCUT2D eigenvalue weighted by molar-refractivity contribution is 0.0954. The summed E-state index contributed by atoms with van der Waals surface area (Å²) in [6.07, 6.45) is 0. The minimum atomic E-state index is -3.84. The lowest BCUT2D eigenvalue weighted by Crippen LogP contribution is -2.29. The first-order valence-corrected chi connectivity index (χ1v) is 11.5. The quantitative estimate of drug-likeness (QED) is 0.648. The molecular weight excluding hydrogens is 398 g/mol. The van der Waals surface area contributed by atoms with E-state index in [0.29, 0.717) is 24.3 Å². The van der Waals surface area contributed by atoms with Gasteiger partial charge in [0.1, 0.15) is 0 Å². The van der Waals surface area contributed by atoms with E-state index in [2.05, 4.69) is 57.6 Å². The lowest BCUT2D eigenvalue weighted by atomic mass is 9.81. The maximum atomic E-state index is 13.2. The Morgan fingerprint density at radius 2 is 1.50 bits per heavy atom. The van der Waals surface area contributed by atoms with Crippen LogP contribution in [0, 0.1) is 0 Å². The van der Waals surface area contributed by atoms with Crippen molar-refractivity contribution in [3.63, 3.8) is 0 Å². The predicted octanol–water partition coefficient (Wildman–Crippen LogP) is 3.77. The number of nitrogens with one attached hydrogen (secondary N) is 2. The van der Waals surface area contributed by atoms with Crippen LogP contribution in [-0.4, -0.2) is 27.4 Å². The molecule has 7 heteroatoms. The molecule has 6 nitrogen and oxygen atoms in total. The highest BCUT2D eigenvalue weighted by Crippen LogP contribution is 2.32. The van der Waals surface area contributed by atoms with Gasteiger partial charge in [-0.2, -0.15) is 0 Å². The van der Waals surface area contributed by atoms with E-state index >= 15 is 0 Å². The first kappa shape index (κ1) is 23.9. The Morgan fingerprint density at radius 1 is 0.933 bits per heavy atom. The van der Waals surface area contributed by atoms with Crippen LogP contribution in [0.4, 0.5) is 5.69 Å². The van der Waals surface area contributed by atoms with Crippen molar-refractivity contribution >= 4 is 21.6 Å². The van der Waals surface area contributed by atoms with Gasteiger partial charge >= 0.3 is 0 Å². The van der Waals surface area contributed by atoms with E-state index in [0.717, 1.165) is 11.1 Å². The smallest absolute Gasteiger partial charge is 0.261 e. The normalized spacial score (nSPS) is 12.5. The molecular formula is C23H33N3O3S. The molecule has 0 aromatic heterocycles. The number of amides is 1. The fourth-order valence-electron chi connectivity index (χ4n) is 2.85. The van der Waals surface area contributed by atoms with E-state index in [4.69, 9.17) is 5.73 Å². The van der Waals surface area contributed by atoms with E-state index < -0.39 is 10.0 Å². The molecule has 4 N–H and O–H groups in total. The number of sulfonamides is 1. The second-order valence-electron chi connectivity index (χ2n) is 9.48. The molecule has 164 valence electrons. The number of hydrogen-bond acceptors (Lipinski definition) is 4. The number of anilines is 1. The number of hydrogen-bond donors (Lipinski definition) is 3. The van der Waals surface area contributed by atoms with Crippen molar-refractivity contribution in [3.8, 4) is 0 Å². The van der Waals surface area contributed by atoms with Gasteiger partial charge in [0.05, 0.1) is 4.90 Å². The largest absolute Gasteiger partial charge is 0.351 e. The number of rotatable bonds is 6. The van der Waals surface area contributed by atoms with Crippen LogP contribution in [0.15, 0.2) is 47.4 Å². The highest BCUT2D eigenvalue weighted by molar-refractivity contribution is 7.92. The Morgan fingerprint density at radius 3 is 2.00 bits per heavy atom. The zero-order valence-corrected chi connectivity index (χ0v) is 19.5. The van der Waals surface area contributed by atoms with Crippen molar-refractivity contribution in [3.05, 3.63) is 59.2 Å². The van der Waals surface area contributed by atoms with Gasteiger partial charge in [0, 0.05) is 24.3 Å². The summed E-state index contributed by atoms with van der Waals surface area (Å²) in [6.45, 7) is 13.0. The van der Waals surface area contributed by atoms with Crippen LogP contribution in [0.2, 0.25) is 0 Å². The SMILES string of the molecule is CC(C)(C)c1cc(C(C)(C)C)cc(S(=O)(=O)Nc2cccc(C(=O)NCCN)c2)c1. The van der Waals surface area contributed by atoms with Gasteiger partial charge in [0.2, 0.25) is 0 Å². The van der Waals surface area contributed by atoms with Crippen LogP contribution in [-0.2, 0) is 20.9 Å². The lowest BCUT2D eigenvalue weighted by Gasteiger charge is -2.26. The van der Waals surface area contributed by atoms with Crippen molar-refractivity contribution in [2.45, 2.75) is 57.3 Å². The third-order valence-electron chi connectivity index (χ3n) is 4.76. The second-order valence-corrected chi connectivity index (χ2v) is 11.2. The molecule has 30 heavy (non-hydrogen) atoms. The Hall–Kier alpha value is -2.38. The first-order chi connectivity index (χ1) is 13.7. The Labute approximate surface area is 180 Å². The fourth-order valence-corrected chi connectivity index (χ4v) is 3.97. The molecule has 0 fully saturated rings. The van der Waals surface area contributed by atoms with Crippen LogP contribution >= 0.6 is 0 Å². The number of nitrogens with two attached hydrogens (primary N) is 1. The van der Waals surface area contributed by atoms with Crippen molar-refractivity contribution < 1.29 is 13.2 Å². The summed E-state index contributed by atoms with van der Waals surface area (Å²) in [6, 6.07) is 11.9. The Bertz CT molecular complexity index is 984. The average Bonchev–Trinajstić information content (AvgIpc) is 2.64. The molecule has 0 atom stereocenters. The topological polar surface area (TPSA) is 101 Å². The third kappa shape index (κ3) is 6.06. The summed E-state index contributed by atoms with van der Waals surface area (Å²) in [7, 11) is -3.84. The van der Waals surface area contributed by atoms with Crippen LogP contribution in [0.25, 0.3) is 0 Å². The van der Waals surface area contributed by atoms with E-state index in [9.17, 15) is 13.2 Å². The van der Waals surface area contributed by atoms with Crippen LogP contribution < -0.4 is 15.8 Å². The molecule has 0 aliphatic rings. The van der Waals surface area contributed by atoms with E-state index in [1.165, 1.54) is 6.07 Å². The van der Waals surface area contributed by atoms with E-state index in [1.807, 2.05) is 0 Å². The molecule has 0 spiro atoms. The first-order valence-electron chi connectivity index (χ1n) is 10.0. The molecule has 0 aliphatic heterocycles. The predicted molar refractivity (Wildman–Crippen MR) is 122 cm³/mol. The monoisotopic (exact) mass is 431 g/mol. The average molecular weight is 432 g/mol. The maximum absolute atomic E-state index is 13.2. The minimum absolute atomic E-state index is 0.202. The van der Waals surface area contributed by atoms with Crippen LogP contribution in [0.1, 0.15) is 63.0 Å². The molecule has 2 aromatic rings. The fraction of sp³-hybridized carbons (Fsp3) is 0.435.